The Morgan fingerprint density at radius 1 is 1.23 bits per heavy atom. The van der Waals surface area contributed by atoms with Crippen LogP contribution in [0.5, 0.6) is 6.01 Å². The number of nitrogen functional groups attached to an aromatic ring is 1. The van der Waals surface area contributed by atoms with E-state index in [4.69, 9.17) is 24.9 Å². The number of rotatable bonds is 2. The fourth-order valence-corrected chi connectivity index (χ4v) is 5.15. The summed E-state index contributed by atoms with van der Waals surface area (Å²) < 4.78 is 17.7. The normalized spacial score (nSPS) is 22.9. The first kappa shape index (κ1) is 20.0. The highest BCUT2D eigenvalue weighted by Gasteiger charge is 2.44. The van der Waals surface area contributed by atoms with E-state index >= 15 is 0 Å². The van der Waals surface area contributed by atoms with Crippen molar-refractivity contribution >= 4 is 11.5 Å². The molecular weight excluding hydrogens is 394 g/mol. The molecule has 1 fully saturated rings. The van der Waals surface area contributed by atoms with E-state index in [-0.39, 0.29) is 0 Å². The summed E-state index contributed by atoms with van der Waals surface area (Å²) in [6.45, 7) is 3.47. The molecule has 0 radical (unpaired) electrons. The number of methoxy groups -OCH3 is 1. The van der Waals surface area contributed by atoms with Crippen molar-refractivity contribution in [2.24, 2.45) is 0 Å². The maximum atomic E-state index is 9.86. The second-order valence-electron chi connectivity index (χ2n) is 8.40. The zero-order valence-corrected chi connectivity index (χ0v) is 17.8. The molecule has 1 aromatic heterocycles. The number of benzene rings is 1. The number of aromatic nitrogens is 2. The minimum Gasteiger partial charge on any atom is -0.467 e. The summed E-state index contributed by atoms with van der Waals surface area (Å²) in [6, 6.07) is 6.56. The average Bonchev–Trinajstić information content (AvgIpc) is 3.08. The topological polar surface area (TPSA) is 107 Å². The van der Waals surface area contributed by atoms with Gasteiger partial charge in [-0.3, -0.25) is 0 Å². The molecule has 0 unspecified atom stereocenters. The van der Waals surface area contributed by atoms with E-state index in [0.29, 0.717) is 36.9 Å². The number of hydrogen-bond donors (Lipinski definition) is 1. The summed E-state index contributed by atoms with van der Waals surface area (Å²) in [7, 11) is 1.59. The van der Waals surface area contributed by atoms with Gasteiger partial charge in [-0.25, -0.2) is 0 Å². The summed E-state index contributed by atoms with van der Waals surface area (Å²) in [5, 5.41) is 9.86. The van der Waals surface area contributed by atoms with Crippen molar-refractivity contribution in [3.63, 3.8) is 0 Å². The Morgan fingerprint density at radius 2 is 2.13 bits per heavy atom. The molecule has 2 aromatic rings. The standard InChI is InChI=1S/C23H27N5O3/c1-29-22-26-19-12-23(7-2-4-15-5-6-18(25)16(13-24)20(15)23)31-14-17(19)21(27-22)28-8-3-10-30-11-9-28/h5-6H,2-4,7-12,14,25H2,1H3/t23-/m0/s1. The van der Waals surface area contributed by atoms with Gasteiger partial charge in [0.15, 0.2) is 0 Å². The van der Waals surface area contributed by atoms with E-state index in [0.717, 1.165) is 73.6 Å². The maximum Gasteiger partial charge on any atom is 0.318 e. The third-order valence-electron chi connectivity index (χ3n) is 6.62. The van der Waals surface area contributed by atoms with Crippen molar-refractivity contribution in [1.29, 1.82) is 5.26 Å². The van der Waals surface area contributed by atoms with Crippen LogP contribution in [0.4, 0.5) is 11.5 Å². The van der Waals surface area contributed by atoms with Gasteiger partial charge in [0.2, 0.25) is 0 Å². The lowest BCUT2D eigenvalue weighted by Gasteiger charge is -2.43. The molecule has 2 aliphatic heterocycles. The SMILES string of the molecule is COc1nc2c(c(N3CCCOCC3)n1)CO[C@@]1(CCCc3ccc(N)c(C#N)c31)C2. The summed E-state index contributed by atoms with van der Waals surface area (Å²) >= 11 is 0. The molecular formula is C23H27N5O3. The van der Waals surface area contributed by atoms with Crippen LogP contribution in [0.3, 0.4) is 0 Å². The van der Waals surface area contributed by atoms with Gasteiger partial charge in [-0.05, 0) is 37.3 Å². The number of fused-ring (bicyclic) bond motifs is 3. The number of nitrogens with zero attached hydrogens (tertiary/aromatic N) is 4. The Morgan fingerprint density at radius 3 is 2.97 bits per heavy atom. The largest absolute Gasteiger partial charge is 0.467 e. The van der Waals surface area contributed by atoms with Gasteiger partial charge in [0.1, 0.15) is 17.5 Å². The fourth-order valence-electron chi connectivity index (χ4n) is 5.15. The lowest BCUT2D eigenvalue weighted by Crippen LogP contribution is -2.41. The Labute approximate surface area is 181 Å². The number of nitrogens with two attached hydrogens (primary N) is 1. The van der Waals surface area contributed by atoms with E-state index in [1.54, 1.807) is 7.11 Å². The number of nitriles is 1. The van der Waals surface area contributed by atoms with Crippen LogP contribution >= 0.6 is 0 Å². The van der Waals surface area contributed by atoms with Crippen molar-refractivity contribution < 1.29 is 14.2 Å². The fraction of sp³-hybridized carbons (Fsp3) is 0.522. The van der Waals surface area contributed by atoms with Crippen LogP contribution in [0.1, 0.15) is 47.2 Å². The van der Waals surface area contributed by atoms with Crippen LogP contribution in [0.15, 0.2) is 12.1 Å². The van der Waals surface area contributed by atoms with Crippen LogP contribution in [0.2, 0.25) is 0 Å². The molecule has 1 aromatic carbocycles. The molecule has 162 valence electrons. The highest BCUT2D eigenvalue weighted by Crippen LogP contribution is 2.48. The number of hydrogen-bond acceptors (Lipinski definition) is 8. The first-order valence-corrected chi connectivity index (χ1v) is 10.9. The zero-order chi connectivity index (χ0) is 21.4. The molecule has 1 spiro atoms. The van der Waals surface area contributed by atoms with Crippen molar-refractivity contribution in [3.05, 3.63) is 40.1 Å². The molecule has 31 heavy (non-hydrogen) atoms. The molecule has 1 saturated heterocycles. The van der Waals surface area contributed by atoms with Crippen LogP contribution in [0, 0.1) is 11.3 Å². The Bertz CT molecular complexity index is 1040. The smallest absolute Gasteiger partial charge is 0.318 e. The minimum atomic E-state index is -0.598. The summed E-state index contributed by atoms with van der Waals surface area (Å²) in [5.41, 5.74) is 10.6. The van der Waals surface area contributed by atoms with E-state index in [1.807, 2.05) is 12.1 Å². The van der Waals surface area contributed by atoms with E-state index in [1.165, 1.54) is 0 Å². The van der Waals surface area contributed by atoms with Crippen molar-refractivity contribution in [3.8, 4) is 12.1 Å². The maximum absolute atomic E-state index is 9.86. The van der Waals surface area contributed by atoms with Crippen LogP contribution in [0.25, 0.3) is 0 Å². The second-order valence-corrected chi connectivity index (χ2v) is 8.40. The average molecular weight is 422 g/mol. The van der Waals surface area contributed by atoms with Crippen LogP contribution in [-0.2, 0) is 34.5 Å². The van der Waals surface area contributed by atoms with Gasteiger partial charge in [0.25, 0.3) is 0 Å². The molecule has 0 bridgehead atoms. The van der Waals surface area contributed by atoms with Gasteiger partial charge >= 0.3 is 6.01 Å². The molecule has 2 N–H and O–H groups in total. The molecule has 1 aliphatic carbocycles. The van der Waals surface area contributed by atoms with Crippen LogP contribution in [-0.4, -0.2) is 43.4 Å². The van der Waals surface area contributed by atoms with Gasteiger partial charge in [0.05, 0.1) is 31.6 Å². The van der Waals surface area contributed by atoms with Crippen LogP contribution < -0.4 is 15.4 Å². The van der Waals surface area contributed by atoms with Crippen molar-refractivity contribution in [2.75, 3.05) is 44.0 Å². The van der Waals surface area contributed by atoms with Gasteiger partial charge in [-0.15, -0.1) is 0 Å². The third-order valence-corrected chi connectivity index (χ3v) is 6.62. The van der Waals surface area contributed by atoms with Crippen molar-refractivity contribution in [1.82, 2.24) is 9.97 Å². The predicted molar refractivity (Wildman–Crippen MR) is 115 cm³/mol. The van der Waals surface area contributed by atoms with E-state index < -0.39 is 5.60 Å². The molecule has 1 atom stereocenters. The van der Waals surface area contributed by atoms with Gasteiger partial charge in [-0.1, -0.05) is 6.07 Å². The monoisotopic (exact) mass is 421 g/mol. The van der Waals surface area contributed by atoms with E-state index in [9.17, 15) is 5.26 Å². The molecule has 3 heterocycles. The third kappa shape index (κ3) is 3.38. The number of aryl methyl sites for hydroxylation is 1. The number of ether oxygens (including phenoxy) is 3. The summed E-state index contributed by atoms with van der Waals surface area (Å²) in [5.74, 6) is 0.867. The van der Waals surface area contributed by atoms with Crippen molar-refractivity contribution in [2.45, 2.75) is 44.3 Å². The Hall–Kier alpha value is -2.89. The molecule has 3 aliphatic rings. The van der Waals surface area contributed by atoms with Gasteiger partial charge in [-0.2, -0.15) is 15.2 Å². The highest BCUT2D eigenvalue weighted by atomic mass is 16.5. The van der Waals surface area contributed by atoms with Gasteiger partial charge in [0, 0.05) is 42.9 Å². The quantitative estimate of drug-likeness (QED) is 0.737. The zero-order valence-electron chi connectivity index (χ0n) is 17.8. The first-order chi connectivity index (χ1) is 15.1. The lowest BCUT2D eigenvalue weighted by atomic mass is 9.72. The minimum absolute atomic E-state index is 0.361. The molecule has 0 saturated carbocycles. The van der Waals surface area contributed by atoms with E-state index in [2.05, 4.69) is 16.0 Å². The second kappa shape index (κ2) is 7.98. The molecule has 0 amide bonds. The van der Waals surface area contributed by atoms with Gasteiger partial charge < -0.3 is 24.8 Å². The lowest BCUT2D eigenvalue weighted by molar-refractivity contribution is -0.0856. The first-order valence-electron chi connectivity index (χ1n) is 10.9. The predicted octanol–water partition coefficient (Wildman–Crippen LogP) is 2.47. The Kier molecular flexibility index (Phi) is 5.16. The highest BCUT2D eigenvalue weighted by molar-refractivity contribution is 5.63. The summed E-state index contributed by atoms with van der Waals surface area (Å²) in [6.07, 6.45) is 4.27. The summed E-state index contributed by atoms with van der Waals surface area (Å²) in [4.78, 5) is 11.6. The molecule has 8 heteroatoms. The molecule has 8 nitrogen and oxygen atoms in total. The Balaban J connectivity index is 1.60. The number of anilines is 2. The molecule has 5 rings (SSSR count).